The Labute approximate surface area is 141 Å². The van der Waals surface area contributed by atoms with E-state index in [9.17, 15) is 8.42 Å². The first kappa shape index (κ1) is 15.4. The van der Waals surface area contributed by atoms with E-state index >= 15 is 0 Å². The number of fused-ring (bicyclic) bond motifs is 1. The molecule has 0 unspecified atom stereocenters. The van der Waals surface area contributed by atoms with Gasteiger partial charge in [-0.25, -0.2) is 8.42 Å². The smallest absolute Gasteiger partial charge is 0.263 e. The Balaban J connectivity index is 2.01. The first-order valence-electron chi connectivity index (χ1n) is 5.99. The first-order valence-corrected chi connectivity index (χ1v) is 8.60. The van der Waals surface area contributed by atoms with Crippen LogP contribution in [0.3, 0.4) is 0 Å². The lowest BCUT2D eigenvalue weighted by atomic mass is 10.2. The highest BCUT2D eigenvalue weighted by atomic mass is 35.5. The highest BCUT2D eigenvalue weighted by molar-refractivity contribution is 7.92. The molecule has 2 N–H and O–H groups in total. The highest BCUT2D eigenvalue weighted by Crippen LogP contribution is 2.31. The number of hydrogen-bond acceptors (Lipinski definition) is 3. The Morgan fingerprint density at radius 3 is 2.64 bits per heavy atom. The van der Waals surface area contributed by atoms with E-state index in [1.165, 1.54) is 18.2 Å². The summed E-state index contributed by atoms with van der Waals surface area (Å²) in [4.78, 5) is -0.0955. The van der Waals surface area contributed by atoms with Crippen LogP contribution in [0.4, 0.5) is 5.69 Å². The normalized spacial score (nSPS) is 11.8. The van der Waals surface area contributed by atoms with Crippen LogP contribution in [0.1, 0.15) is 0 Å². The summed E-state index contributed by atoms with van der Waals surface area (Å²) in [6, 6.07) is 9.21. The van der Waals surface area contributed by atoms with Gasteiger partial charge in [-0.05, 0) is 30.3 Å². The lowest BCUT2D eigenvalue weighted by Gasteiger charge is -2.10. The van der Waals surface area contributed by atoms with Gasteiger partial charge < -0.3 is 0 Å². The molecule has 0 aliphatic heterocycles. The highest BCUT2D eigenvalue weighted by Gasteiger charge is 2.20. The summed E-state index contributed by atoms with van der Waals surface area (Å²) in [5, 5.41) is 7.82. The summed E-state index contributed by atoms with van der Waals surface area (Å²) < 4.78 is 27.3. The van der Waals surface area contributed by atoms with Gasteiger partial charge in [-0.1, -0.05) is 40.9 Å². The Kier molecular flexibility index (Phi) is 3.94. The average molecular weight is 377 g/mol. The van der Waals surface area contributed by atoms with Crippen molar-refractivity contribution >= 4 is 61.4 Å². The summed E-state index contributed by atoms with van der Waals surface area (Å²) >= 11 is 17.7. The molecule has 9 heteroatoms. The van der Waals surface area contributed by atoms with E-state index in [4.69, 9.17) is 34.8 Å². The Morgan fingerprint density at radius 1 is 1.09 bits per heavy atom. The van der Waals surface area contributed by atoms with Gasteiger partial charge in [0.1, 0.15) is 10.0 Å². The molecule has 2 aromatic carbocycles. The zero-order valence-electron chi connectivity index (χ0n) is 10.8. The molecule has 0 aliphatic rings. The Bertz CT molecular complexity index is 970. The molecule has 0 amide bonds. The number of H-pyrrole nitrogens is 1. The Morgan fingerprint density at radius 2 is 1.86 bits per heavy atom. The van der Waals surface area contributed by atoms with Gasteiger partial charge in [0, 0.05) is 5.39 Å². The SMILES string of the molecule is O=S(=O)(Nc1ccc2c(Cl)[nH]nc2c1)c1cccc(Cl)c1Cl. The maximum absolute atomic E-state index is 12.4. The molecule has 22 heavy (non-hydrogen) atoms. The van der Waals surface area contributed by atoms with E-state index in [2.05, 4.69) is 14.9 Å². The molecular formula is C13H8Cl3N3O2S. The predicted octanol–water partition coefficient (Wildman–Crippen LogP) is 4.32. The van der Waals surface area contributed by atoms with Crippen molar-refractivity contribution in [3.05, 3.63) is 51.6 Å². The molecule has 5 nitrogen and oxygen atoms in total. The van der Waals surface area contributed by atoms with Crippen molar-refractivity contribution in [1.29, 1.82) is 0 Å². The van der Waals surface area contributed by atoms with E-state index < -0.39 is 10.0 Å². The van der Waals surface area contributed by atoms with Crippen LogP contribution in [0.25, 0.3) is 10.9 Å². The van der Waals surface area contributed by atoms with Gasteiger partial charge in [-0.3, -0.25) is 9.82 Å². The second-order valence-corrected chi connectivity index (χ2v) is 7.24. The molecular weight excluding hydrogens is 369 g/mol. The van der Waals surface area contributed by atoms with E-state index in [-0.39, 0.29) is 14.9 Å². The number of anilines is 1. The molecule has 114 valence electrons. The summed E-state index contributed by atoms with van der Waals surface area (Å²) in [6.45, 7) is 0. The van der Waals surface area contributed by atoms with Crippen molar-refractivity contribution in [2.45, 2.75) is 4.90 Å². The standard InChI is InChI=1S/C13H8Cl3N3O2S/c14-9-2-1-3-11(12(9)15)22(20,21)19-7-4-5-8-10(6-7)17-18-13(8)16/h1-6,19H,(H,17,18). The third kappa shape index (κ3) is 2.75. The monoisotopic (exact) mass is 375 g/mol. The lowest BCUT2D eigenvalue weighted by Crippen LogP contribution is -2.13. The van der Waals surface area contributed by atoms with Gasteiger partial charge in [0.05, 0.1) is 21.2 Å². The fraction of sp³-hybridized carbons (Fsp3) is 0. The van der Waals surface area contributed by atoms with Crippen LogP contribution in [-0.2, 0) is 10.0 Å². The zero-order chi connectivity index (χ0) is 15.9. The van der Waals surface area contributed by atoms with Crippen LogP contribution >= 0.6 is 34.8 Å². The van der Waals surface area contributed by atoms with Gasteiger partial charge in [0.15, 0.2) is 0 Å². The number of aromatic nitrogens is 2. The molecule has 0 bridgehead atoms. The molecule has 0 aliphatic carbocycles. The van der Waals surface area contributed by atoms with E-state index in [1.54, 1.807) is 18.2 Å². The number of hydrogen-bond donors (Lipinski definition) is 2. The number of nitrogens with zero attached hydrogens (tertiary/aromatic N) is 1. The molecule has 0 radical (unpaired) electrons. The second kappa shape index (κ2) is 5.62. The Hall–Kier alpha value is -1.47. The minimum atomic E-state index is -3.87. The van der Waals surface area contributed by atoms with Gasteiger partial charge >= 0.3 is 0 Å². The van der Waals surface area contributed by atoms with Crippen molar-refractivity contribution in [3.8, 4) is 0 Å². The minimum Gasteiger partial charge on any atom is -0.280 e. The number of halogens is 3. The second-order valence-electron chi connectivity index (χ2n) is 4.43. The third-order valence-electron chi connectivity index (χ3n) is 2.97. The number of sulfonamides is 1. The fourth-order valence-electron chi connectivity index (χ4n) is 1.94. The first-order chi connectivity index (χ1) is 10.4. The van der Waals surface area contributed by atoms with Crippen molar-refractivity contribution in [2.24, 2.45) is 0 Å². The lowest BCUT2D eigenvalue weighted by molar-refractivity contribution is 0.601. The number of rotatable bonds is 3. The third-order valence-corrected chi connectivity index (χ3v) is 5.61. The van der Waals surface area contributed by atoms with Gasteiger partial charge in [0.2, 0.25) is 0 Å². The largest absolute Gasteiger partial charge is 0.280 e. The van der Waals surface area contributed by atoms with Crippen molar-refractivity contribution in [2.75, 3.05) is 4.72 Å². The molecule has 0 atom stereocenters. The molecule has 0 saturated carbocycles. The van der Waals surface area contributed by atoms with E-state index in [0.717, 1.165) is 0 Å². The van der Waals surface area contributed by atoms with Crippen LogP contribution in [0.5, 0.6) is 0 Å². The fourth-order valence-corrected chi connectivity index (χ4v) is 3.96. The molecule has 1 heterocycles. The number of benzene rings is 2. The summed E-state index contributed by atoms with van der Waals surface area (Å²) in [6.07, 6.45) is 0. The average Bonchev–Trinajstić information content (AvgIpc) is 2.82. The summed E-state index contributed by atoms with van der Waals surface area (Å²) in [7, 11) is -3.87. The van der Waals surface area contributed by atoms with Crippen LogP contribution in [0.2, 0.25) is 15.2 Å². The van der Waals surface area contributed by atoms with Crippen molar-refractivity contribution in [1.82, 2.24) is 10.2 Å². The van der Waals surface area contributed by atoms with Gasteiger partial charge in [-0.15, -0.1) is 0 Å². The predicted molar refractivity (Wildman–Crippen MR) is 88.4 cm³/mol. The van der Waals surface area contributed by atoms with Crippen LogP contribution in [0.15, 0.2) is 41.3 Å². The molecule has 1 aromatic heterocycles. The molecule has 0 spiro atoms. The molecule has 0 saturated heterocycles. The van der Waals surface area contributed by atoms with Crippen LogP contribution < -0.4 is 4.72 Å². The maximum atomic E-state index is 12.4. The topological polar surface area (TPSA) is 74.8 Å². The number of aromatic amines is 1. The number of nitrogens with one attached hydrogen (secondary N) is 2. The zero-order valence-corrected chi connectivity index (χ0v) is 13.9. The van der Waals surface area contributed by atoms with E-state index in [0.29, 0.717) is 21.7 Å². The molecule has 3 aromatic rings. The maximum Gasteiger partial charge on any atom is 0.263 e. The van der Waals surface area contributed by atoms with E-state index in [1.807, 2.05) is 0 Å². The van der Waals surface area contributed by atoms with Crippen LogP contribution in [0, 0.1) is 0 Å². The summed E-state index contributed by atoms with van der Waals surface area (Å²) in [5.41, 5.74) is 0.883. The molecule has 3 rings (SSSR count). The quantitative estimate of drug-likeness (QED) is 0.714. The molecule has 0 fully saturated rings. The van der Waals surface area contributed by atoms with Crippen LogP contribution in [-0.4, -0.2) is 18.6 Å². The van der Waals surface area contributed by atoms with Crippen molar-refractivity contribution in [3.63, 3.8) is 0 Å². The summed E-state index contributed by atoms with van der Waals surface area (Å²) in [5.74, 6) is 0. The minimum absolute atomic E-state index is 0.0273. The van der Waals surface area contributed by atoms with Gasteiger partial charge in [0.25, 0.3) is 10.0 Å². The van der Waals surface area contributed by atoms with Crippen molar-refractivity contribution < 1.29 is 8.42 Å². The van der Waals surface area contributed by atoms with Gasteiger partial charge in [-0.2, -0.15) is 5.10 Å².